The van der Waals surface area contributed by atoms with Crippen LogP contribution in [0.15, 0.2) is 66.3 Å². The molecule has 2 aliphatic heterocycles. The normalized spacial score (nSPS) is 18.6. The Labute approximate surface area is 206 Å². The number of nitrogens with zero attached hydrogens (tertiary/aromatic N) is 5. The quantitative estimate of drug-likeness (QED) is 0.464. The number of likely N-dealkylation sites (tertiary alicyclic amines) is 1. The summed E-state index contributed by atoms with van der Waals surface area (Å²) in [5, 5.41) is 14.1. The Balaban J connectivity index is 1.06. The molecule has 0 spiro atoms. The molecule has 2 saturated heterocycles. The van der Waals surface area contributed by atoms with E-state index < -0.39 is 6.23 Å². The molecule has 1 N–H and O–H groups in total. The predicted molar refractivity (Wildman–Crippen MR) is 133 cm³/mol. The van der Waals surface area contributed by atoms with Gasteiger partial charge in [-0.2, -0.15) is 0 Å². The van der Waals surface area contributed by atoms with Gasteiger partial charge >= 0.3 is 0 Å². The van der Waals surface area contributed by atoms with Crippen LogP contribution in [0.5, 0.6) is 0 Å². The highest BCUT2D eigenvalue weighted by Gasteiger charge is 2.37. The number of fused-ring (bicyclic) bond motifs is 1. The van der Waals surface area contributed by atoms with Crippen LogP contribution in [0.3, 0.4) is 0 Å². The summed E-state index contributed by atoms with van der Waals surface area (Å²) in [4.78, 5) is 23.7. The number of hydrogen-bond donors (Lipinski definition) is 1. The van der Waals surface area contributed by atoms with Crippen molar-refractivity contribution in [2.75, 3.05) is 39.3 Å². The van der Waals surface area contributed by atoms with E-state index in [4.69, 9.17) is 0 Å². The molecule has 4 heterocycles. The highest BCUT2D eigenvalue weighted by atomic mass is 32.1. The third kappa shape index (κ3) is 4.25. The van der Waals surface area contributed by atoms with Crippen LogP contribution in [0.1, 0.15) is 21.6 Å². The lowest BCUT2D eigenvalue weighted by molar-refractivity contribution is -0.0499. The number of benzene rings is 2. The largest absolute Gasteiger partial charge is 0.372 e. The molecule has 2 fully saturated rings. The molecular formula is C26H26FN5O2S. The number of halogens is 1. The lowest BCUT2D eigenvalue weighted by Gasteiger charge is -2.48. The number of piperazine rings is 1. The molecule has 2 aromatic heterocycles. The number of hydrogen-bond acceptors (Lipinski definition) is 6. The predicted octanol–water partition coefficient (Wildman–Crippen LogP) is 3.36. The molecule has 1 amide bonds. The first-order valence-corrected chi connectivity index (χ1v) is 12.7. The summed E-state index contributed by atoms with van der Waals surface area (Å²) in [6.45, 7) is 4.76. The topological polar surface area (TPSA) is 64.8 Å². The van der Waals surface area contributed by atoms with Crippen molar-refractivity contribution in [3.05, 3.63) is 82.7 Å². The number of amides is 1. The molecule has 2 aliphatic rings. The van der Waals surface area contributed by atoms with E-state index in [1.807, 2.05) is 45.3 Å². The Hall–Kier alpha value is -3.11. The molecule has 2 aromatic carbocycles. The Bertz CT molecular complexity index is 1330. The fraction of sp³-hybridized carbons (Fsp3) is 0.308. The highest BCUT2D eigenvalue weighted by molar-refractivity contribution is 7.09. The van der Waals surface area contributed by atoms with Crippen LogP contribution in [0.2, 0.25) is 0 Å². The van der Waals surface area contributed by atoms with Gasteiger partial charge in [-0.15, -0.1) is 11.3 Å². The first-order valence-electron chi connectivity index (χ1n) is 11.8. The lowest BCUT2D eigenvalue weighted by Crippen LogP contribution is -2.64. The van der Waals surface area contributed by atoms with Crippen molar-refractivity contribution in [3.8, 4) is 5.69 Å². The Morgan fingerprint density at radius 3 is 2.54 bits per heavy atom. The van der Waals surface area contributed by atoms with E-state index in [1.165, 1.54) is 23.5 Å². The van der Waals surface area contributed by atoms with Crippen molar-refractivity contribution in [1.29, 1.82) is 0 Å². The van der Waals surface area contributed by atoms with Crippen LogP contribution in [-0.2, 0) is 0 Å². The number of carbonyl (C=O) groups is 1. The summed E-state index contributed by atoms with van der Waals surface area (Å²) in [7, 11) is 0. The molecule has 6 rings (SSSR count). The first kappa shape index (κ1) is 22.4. The van der Waals surface area contributed by atoms with Crippen molar-refractivity contribution >= 4 is 28.1 Å². The summed E-state index contributed by atoms with van der Waals surface area (Å²) in [6.07, 6.45) is 3.03. The molecule has 0 radical (unpaired) electrons. The van der Waals surface area contributed by atoms with Gasteiger partial charge in [-0.25, -0.2) is 9.37 Å². The van der Waals surface area contributed by atoms with Crippen LogP contribution in [0, 0.1) is 5.82 Å². The standard InChI is InChI=1S/C26H26FN5O2S/c27-20-2-4-21(5-3-20)32-9-7-18-15-19(1-6-23(18)32)25(33)31-16-22(17-31)29-10-12-30(13-11-29)26(34)24-28-8-14-35-24/h1-9,14-15,22,26,34H,10-13,16-17H2. The van der Waals surface area contributed by atoms with Gasteiger partial charge in [-0.3, -0.25) is 14.6 Å². The highest BCUT2D eigenvalue weighted by Crippen LogP contribution is 2.26. The maximum atomic E-state index is 13.3. The Morgan fingerprint density at radius 1 is 1.06 bits per heavy atom. The Kier molecular flexibility index (Phi) is 5.85. The van der Waals surface area contributed by atoms with Crippen LogP contribution in [0.4, 0.5) is 4.39 Å². The molecule has 1 atom stereocenters. The molecule has 7 nitrogen and oxygen atoms in total. The van der Waals surface area contributed by atoms with Crippen molar-refractivity contribution in [2.24, 2.45) is 0 Å². The summed E-state index contributed by atoms with van der Waals surface area (Å²) >= 11 is 1.47. The number of aliphatic hydroxyl groups is 1. The van der Waals surface area contributed by atoms with Gasteiger partial charge in [0.1, 0.15) is 10.8 Å². The van der Waals surface area contributed by atoms with E-state index in [1.54, 1.807) is 18.3 Å². The molecule has 9 heteroatoms. The van der Waals surface area contributed by atoms with Gasteiger partial charge in [0.15, 0.2) is 6.23 Å². The van der Waals surface area contributed by atoms with E-state index in [0.717, 1.165) is 60.9 Å². The Morgan fingerprint density at radius 2 is 1.83 bits per heavy atom. The zero-order valence-corrected chi connectivity index (χ0v) is 19.9. The third-order valence-corrected chi connectivity index (χ3v) is 7.89. The van der Waals surface area contributed by atoms with E-state index in [9.17, 15) is 14.3 Å². The van der Waals surface area contributed by atoms with Gasteiger partial charge in [0.2, 0.25) is 0 Å². The smallest absolute Gasteiger partial charge is 0.253 e. The van der Waals surface area contributed by atoms with Crippen LogP contribution >= 0.6 is 11.3 Å². The second kappa shape index (κ2) is 9.16. The third-order valence-electron chi connectivity index (χ3n) is 7.07. The van der Waals surface area contributed by atoms with Gasteiger partial charge < -0.3 is 14.6 Å². The molecular weight excluding hydrogens is 465 g/mol. The maximum Gasteiger partial charge on any atom is 0.253 e. The molecule has 0 saturated carbocycles. The van der Waals surface area contributed by atoms with Crippen molar-refractivity contribution in [1.82, 2.24) is 24.3 Å². The lowest BCUT2D eigenvalue weighted by atomic mass is 10.0. The minimum absolute atomic E-state index is 0.0514. The average Bonchev–Trinajstić information content (AvgIpc) is 3.54. The molecule has 0 aliphatic carbocycles. The first-order chi connectivity index (χ1) is 17.1. The van der Waals surface area contributed by atoms with E-state index in [2.05, 4.69) is 14.8 Å². The molecule has 180 valence electrons. The summed E-state index contributed by atoms with van der Waals surface area (Å²) in [5.74, 6) is -0.211. The molecule has 4 aromatic rings. The molecule has 35 heavy (non-hydrogen) atoms. The van der Waals surface area contributed by atoms with Crippen LogP contribution in [0.25, 0.3) is 16.6 Å². The maximum absolute atomic E-state index is 13.3. The zero-order valence-electron chi connectivity index (χ0n) is 19.1. The van der Waals surface area contributed by atoms with Gasteiger partial charge in [0.25, 0.3) is 5.91 Å². The molecule has 0 bridgehead atoms. The van der Waals surface area contributed by atoms with Crippen molar-refractivity contribution < 1.29 is 14.3 Å². The summed E-state index contributed by atoms with van der Waals surface area (Å²) < 4.78 is 15.3. The monoisotopic (exact) mass is 491 g/mol. The van der Waals surface area contributed by atoms with Gasteiger partial charge in [-0.1, -0.05) is 0 Å². The minimum Gasteiger partial charge on any atom is -0.372 e. The van der Waals surface area contributed by atoms with E-state index in [0.29, 0.717) is 11.6 Å². The van der Waals surface area contributed by atoms with Crippen LogP contribution in [-0.4, -0.2) is 80.6 Å². The second-order valence-corrected chi connectivity index (χ2v) is 10.0. The van der Waals surface area contributed by atoms with Crippen LogP contribution < -0.4 is 0 Å². The van der Waals surface area contributed by atoms with Gasteiger partial charge in [0.05, 0.1) is 5.52 Å². The SMILES string of the molecule is O=C(c1ccc2c(ccn2-c2ccc(F)cc2)c1)N1CC(N2CCN(C(O)c3nccs3)CC2)C1. The number of rotatable bonds is 5. The van der Waals surface area contributed by atoms with E-state index >= 15 is 0 Å². The van der Waals surface area contributed by atoms with Gasteiger partial charge in [0, 0.05) is 79.7 Å². The minimum atomic E-state index is -0.635. The molecule has 1 unspecified atom stereocenters. The second-order valence-electron chi connectivity index (χ2n) is 9.12. The fourth-order valence-electron chi connectivity index (χ4n) is 5.00. The number of aromatic nitrogens is 2. The fourth-order valence-corrected chi connectivity index (χ4v) is 5.66. The zero-order chi connectivity index (χ0) is 23.9. The number of aliphatic hydroxyl groups excluding tert-OH is 1. The van der Waals surface area contributed by atoms with E-state index in [-0.39, 0.29) is 11.7 Å². The number of carbonyl (C=O) groups excluding carboxylic acids is 1. The van der Waals surface area contributed by atoms with Gasteiger partial charge in [-0.05, 0) is 48.5 Å². The average molecular weight is 492 g/mol. The van der Waals surface area contributed by atoms with Crippen molar-refractivity contribution in [2.45, 2.75) is 12.3 Å². The summed E-state index contributed by atoms with van der Waals surface area (Å²) in [5.41, 5.74) is 2.54. The number of thiazole rings is 1. The summed E-state index contributed by atoms with van der Waals surface area (Å²) in [6, 6.07) is 14.5. The van der Waals surface area contributed by atoms with Crippen molar-refractivity contribution in [3.63, 3.8) is 0 Å².